The Hall–Kier alpha value is -1.02. The highest BCUT2D eigenvalue weighted by Crippen LogP contribution is 2.36. The van der Waals surface area contributed by atoms with Crippen molar-refractivity contribution < 1.29 is 0 Å². The van der Waals surface area contributed by atoms with E-state index in [4.69, 9.17) is 0 Å². The summed E-state index contributed by atoms with van der Waals surface area (Å²) in [5.74, 6) is 0. The largest absolute Gasteiger partial charge is 0.368 e. The number of anilines is 1. The van der Waals surface area contributed by atoms with Crippen LogP contribution >= 0.6 is 0 Å². The van der Waals surface area contributed by atoms with Gasteiger partial charge in [0.25, 0.3) is 0 Å². The number of fused-ring (bicyclic) bond motifs is 1. The summed E-state index contributed by atoms with van der Waals surface area (Å²) < 4.78 is 0. The van der Waals surface area contributed by atoms with E-state index in [1.807, 2.05) is 0 Å². The topological polar surface area (TPSA) is 15.3 Å². The third kappa shape index (κ3) is 3.60. The van der Waals surface area contributed by atoms with E-state index >= 15 is 0 Å². The number of rotatable bonds is 7. The Morgan fingerprint density at radius 2 is 1.90 bits per heavy atom. The Kier molecular flexibility index (Phi) is 5.32. The molecule has 118 valence electrons. The van der Waals surface area contributed by atoms with E-state index in [2.05, 4.69) is 69.1 Å². The van der Waals surface area contributed by atoms with Gasteiger partial charge >= 0.3 is 0 Å². The molecule has 1 aromatic rings. The van der Waals surface area contributed by atoms with E-state index in [1.165, 1.54) is 30.5 Å². The first-order valence-corrected chi connectivity index (χ1v) is 8.59. The lowest BCUT2D eigenvalue weighted by molar-refractivity contribution is 0.242. The van der Waals surface area contributed by atoms with E-state index in [0.717, 1.165) is 13.1 Å². The second-order valence-electron chi connectivity index (χ2n) is 7.05. The normalized spacial score (nSPS) is 18.4. The van der Waals surface area contributed by atoms with Gasteiger partial charge in [0.05, 0.1) is 0 Å². The Morgan fingerprint density at radius 1 is 1.24 bits per heavy atom. The highest BCUT2D eigenvalue weighted by atomic mass is 15.2. The van der Waals surface area contributed by atoms with Crippen molar-refractivity contribution in [2.75, 3.05) is 18.0 Å². The predicted octanol–water partition coefficient (Wildman–Crippen LogP) is 4.24. The second-order valence-corrected chi connectivity index (χ2v) is 7.05. The van der Waals surface area contributed by atoms with Gasteiger partial charge in [0.15, 0.2) is 0 Å². The number of nitrogens with one attached hydrogen (secondary N) is 1. The zero-order valence-electron chi connectivity index (χ0n) is 14.4. The molecule has 1 aromatic carbocycles. The van der Waals surface area contributed by atoms with Gasteiger partial charge in [-0.15, -0.1) is 0 Å². The maximum absolute atomic E-state index is 3.67. The summed E-state index contributed by atoms with van der Waals surface area (Å²) >= 11 is 0. The fraction of sp³-hybridized carbons (Fsp3) is 0.684. The Bertz CT molecular complexity index is 449. The summed E-state index contributed by atoms with van der Waals surface area (Å²) in [4.78, 5) is 2.64. The van der Waals surface area contributed by atoms with E-state index in [0.29, 0.717) is 17.5 Å². The van der Waals surface area contributed by atoms with E-state index in [1.54, 1.807) is 0 Å². The molecule has 1 N–H and O–H groups in total. The molecule has 2 rings (SSSR count). The lowest BCUT2D eigenvalue weighted by Gasteiger charge is -2.39. The lowest BCUT2D eigenvalue weighted by atomic mass is 9.81. The maximum atomic E-state index is 3.67. The van der Waals surface area contributed by atoms with E-state index in [-0.39, 0.29) is 0 Å². The van der Waals surface area contributed by atoms with Gasteiger partial charge in [-0.2, -0.15) is 0 Å². The molecule has 0 amide bonds. The predicted molar refractivity (Wildman–Crippen MR) is 93.1 cm³/mol. The number of hydrogen-bond acceptors (Lipinski definition) is 2. The molecule has 21 heavy (non-hydrogen) atoms. The molecule has 1 atom stereocenters. The first kappa shape index (κ1) is 16.4. The van der Waals surface area contributed by atoms with Crippen LogP contribution in [0.1, 0.15) is 53.0 Å². The van der Waals surface area contributed by atoms with E-state index < -0.39 is 0 Å². The first-order valence-electron chi connectivity index (χ1n) is 8.59. The lowest BCUT2D eigenvalue weighted by Crippen LogP contribution is -2.46. The van der Waals surface area contributed by atoms with Crippen molar-refractivity contribution in [2.45, 2.75) is 66.0 Å². The fourth-order valence-corrected chi connectivity index (χ4v) is 3.43. The molecular formula is C19H32N2. The molecule has 1 unspecified atom stereocenters. The highest BCUT2D eigenvalue weighted by Gasteiger charge is 2.34. The molecule has 1 aliphatic rings. The molecule has 2 nitrogen and oxygen atoms in total. The van der Waals surface area contributed by atoms with E-state index in [9.17, 15) is 0 Å². The van der Waals surface area contributed by atoms with Crippen molar-refractivity contribution >= 4 is 5.69 Å². The third-order valence-electron chi connectivity index (χ3n) is 5.24. The average molecular weight is 288 g/mol. The summed E-state index contributed by atoms with van der Waals surface area (Å²) in [5, 5.41) is 3.67. The zero-order chi connectivity index (χ0) is 15.5. The maximum Gasteiger partial charge on any atom is 0.0402 e. The van der Waals surface area contributed by atoms with Crippen molar-refractivity contribution in [2.24, 2.45) is 5.41 Å². The minimum atomic E-state index is 0.371. The van der Waals surface area contributed by atoms with Gasteiger partial charge in [-0.3, -0.25) is 0 Å². The average Bonchev–Trinajstić information content (AvgIpc) is 2.79. The molecule has 0 spiro atoms. The van der Waals surface area contributed by atoms with Crippen LogP contribution in [-0.4, -0.2) is 25.2 Å². The molecule has 0 aliphatic carbocycles. The standard InChI is InChI=1S/C19H32N2/c1-6-19(7-2,13-20-15(3)4)14-21-16(5)12-17-10-8-9-11-18(17)21/h8-11,15-16,20H,6-7,12-14H2,1-5H3. The molecule has 2 heteroatoms. The van der Waals surface area contributed by atoms with Crippen LogP contribution in [0, 0.1) is 5.41 Å². The van der Waals surface area contributed by atoms with Crippen LogP contribution in [0.3, 0.4) is 0 Å². The smallest absolute Gasteiger partial charge is 0.0402 e. The number of nitrogens with zero attached hydrogens (tertiary/aromatic N) is 1. The summed E-state index contributed by atoms with van der Waals surface area (Å²) in [5.41, 5.74) is 3.35. The van der Waals surface area contributed by atoms with Gasteiger partial charge in [0, 0.05) is 30.9 Å². The monoisotopic (exact) mass is 288 g/mol. The first-order chi connectivity index (χ1) is 10.0. The van der Waals surface area contributed by atoms with Gasteiger partial charge in [-0.05, 0) is 43.2 Å². The third-order valence-corrected chi connectivity index (χ3v) is 5.24. The molecule has 0 saturated carbocycles. The molecule has 1 heterocycles. The molecule has 0 bridgehead atoms. The van der Waals surface area contributed by atoms with Crippen LogP contribution in [0.25, 0.3) is 0 Å². The zero-order valence-corrected chi connectivity index (χ0v) is 14.4. The van der Waals surface area contributed by atoms with Crippen molar-refractivity contribution in [1.29, 1.82) is 0 Å². The minimum Gasteiger partial charge on any atom is -0.368 e. The van der Waals surface area contributed by atoms with Gasteiger partial charge in [-0.1, -0.05) is 45.9 Å². The summed E-state index contributed by atoms with van der Waals surface area (Å²) in [7, 11) is 0. The van der Waals surface area contributed by atoms with Crippen molar-refractivity contribution in [3.63, 3.8) is 0 Å². The van der Waals surface area contributed by atoms with Gasteiger partial charge in [0.2, 0.25) is 0 Å². The van der Waals surface area contributed by atoms with Crippen LogP contribution in [0.5, 0.6) is 0 Å². The fourth-order valence-electron chi connectivity index (χ4n) is 3.43. The van der Waals surface area contributed by atoms with Crippen molar-refractivity contribution in [1.82, 2.24) is 5.32 Å². The Balaban J connectivity index is 2.17. The molecule has 0 radical (unpaired) electrons. The van der Waals surface area contributed by atoms with Crippen LogP contribution in [0.2, 0.25) is 0 Å². The second kappa shape index (κ2) is 6.83. The highest BCUT2D eigenvalue weighted by molar-refractivity contribution is 5.59. The van der Waals surface area contributed by atoms with Crippen LogP contribution in [-0.2, 0) is 6.42 Å². The molecule has 0 fully saturated rings. The van der Waals surface area contributed by atoms with Crippen molar-refractivity contribution in [3.05, 3.63) is 29.8 Å². The summed E-state index contributed by atoms with van der Waals surface area (Å²) in [6.45, 7) is 13.8. The molecule has 0 aromatic heterocycles. The van der Waals surface area contributed by atoms with Gasteiger partial charge in [-0.25, -0.2) is 0 Å². The number of hydrogen-bond donors (Lipinski definition) is 1. The summed E-state index contributed by atoms with van der Waals surface area (Å²) in [6, 6.07) is 10.1. The van der Waals surface area contributed by atoms with Crippen molar-refractivity contribution in [3.8, 4) is 0 Å². The Labute approximate surface area is 130 Å². The van der Waals surface area contributed by atoms with Crippen LogP contribution in [0.4, 0.5) is 5.69 Å². The molecular weight excluding hydrogens is 256 g/mol. The SMILES string of the molecule is CCC(CC)(CNC(C)C)CN1c2ccccc2CC1C. The quantitative estimate of drug-likeness (QED) is 0.807. The summed E-state index contributed by atoms with van der Waals surface area (Å²) in [6.07, 6.45) is 3.65. The Morgan fingerprint density at radius 3 is 2.52 bits per heavy atom. The van der Waals surface area contributed by atoms with Crippen LogP contribution < -0.4 is 10.2 Å². The minimum absolute atomic E-state index is 0.371. The number of para-hydroxylation sites is 1. The molecule has 0 saturated heterocycles. The van der Waals surface area contributed by atoms with Crippen LogP contribution in [0.15, 0.2) is 24.3 Å². The molecule has 1 aliphatic heterocycles. The van der Waals surface area contributed by atoms with Gasteiger partial charge < -0.3 is 10.2 Å². The van der Waals surface area contributed by atoms with Gasteiger partial charge in [0.1, 0.15) is 0 Å². The number of benzene rings is 1.